The van der Waals surface area contributed by atoms with Crippen LogP contribution in [0.1, 0.15) is 34.6 Å². The third-order valence-electron chi connectivity index (χ3n) is 2.43. The Balaban J connectivity index is 0.000000686. The van der Waals surface area contributed by atoms with E-state index >= 15 is 0 Å². The van der Waals surface area contributed by atoms with Crippen molar-refractivity contribution in [3.63, 3.8) is 0 Å². The van der Waals surface area contributed by atoms with E-state index in [1.165, 1.54) is 4.90 Å². The van der Waals surface area contributed by atoms with Crippen LogP contribution < -0.4 is 0 Å². The Labute approximate surface area is 102 Å². The van der Waals surface area contributed by atoms with Crippen molar-refractivity contribution in [2.45, 2.75) is 13.8 Å². The molecule has 2 rings (SSSR count). The third kappa shape index (κ3) is 2.44. The minimum absolute atomic E-state index is 0.163. The van der Waals surface area contributed by atoms with Crippen LogP contribution in [0.5, 0.6) is 0 Å². The van der Waals surface area contributed by atoms with Crippen LogP contribution in [0.4, 0.5) is 0 Å². The topological polar surface area (TPSA) is 37.4 Å². The van der Waals surface area contributed by atoms with Gasteiger partial charge in [-0.25, -0.2) is 0 Å². The summed E-state index contributed by atoms with van der Waals surface area (Å²) in [5.41, 5.74) is 1.06. The van der Waals surface area contributed by atoms with Crippen LogP contribution in [0.15, 0.2) is 37.4 Å². The number of nitrogens with zero attached hydrogens (tertiary/aromatic N) is 1. The van der Waals surface area contributed by atoms with E-state index in [0.717, 1.165) is 0 Å². The second kappa shape index (κ2) is 5.43. The summed E-state index contributed by atoms with van der Waals surface area (Å²) in [5, 5.41) is 0. The number of benzene rings is 1. The van der Waals surface area contributed by atoms with Gasteiger partial charge >= 0.3 is 0 Å². The molecule has 3 nitrogen and oxygen atoms in total. The van der Waals surface area contributed by atoms with Crippen LogP contribution in [0.25, 0.3) is 0 Å². The van der Waals surface area contributed by atoms with Crippen molar-refractivity contribution in [2.75, 3.05) is 6.54 Å². The molecule has 0 bridgehead atoms. The molecule has 0 aromatic heterocycles. The fourth-order valence-electron chi connectivity index (χ4n) is 1.77. The highest BCUT2D eigenvalue weighted by molar-refractivity contribution is 6.21. The van der Waals surface area contributed by atoms with Gasteiger partial charge in [0, 0.05) is 6.54 Å². The van der Waals surface area contributed by atoms with Gasteiger partial charge in [0.1, 0.15) is 0 Å². The van der Waals surface area contributed by atoms with Crippen LogP contribution in [-0.2, 0) is 0 Å². The minimum Gasteiger partial charge on any atom is -0.274 e. The highest BCUT2D eigenvalue weighted by atomic mass is 16.2. The average Bonchev–Trinajstić information content (AvgIpc) is 2.57. The Kier molecular flexibility index (Phi) is 4.21. The van der Waals surface area contributed by atoms with Crippen molar-refractivity contribution < 1.29 is 9.59 Å². The number of carbonyl (C=O) groups excluding carboxylic acids is 2. The Morgan fingerprint density at radius 3 is 1.82 bits per heavy atom. The van der Waals surface area contributed by atoms with E-state index in [4.69, 9.17) is 0 Å². The summed E-state index contributed by atoms with van der Waals surface area (Å²) in [6, 6.07) is 6.97. The third-order valence-corrected chi connectivity index (χ3v) is 2.43. The second-order valence-electron chi connectivity index (χ2n) is 4.16. The first kappa shape index (κ1) is 13.2. The highest BCUT2D eigenvalue weighted by Gasteiger charge is 2.34. The molecular weight excluding hydrogens is 214 g/mol. The largest absolute Gasteiger partial charge is 0.274 e. The van der Waals surface area contributed by atoms with Gasteiger partial charge in [-0.1, -0.05) is 26.0 Å². The van der Waals surface area contributed by atoms with Crippen molar-refractivity contribution in [2.24, 2.45) is 5.92 Å². The predicted octanol–water partition coefficient (Wildman–Crippen LogP) is 2.74. The molecule has 3 heteroatoms. The fraction of sp³-hybridized carbons (Fsp3) is 0.286. The summed E-state index contributed by atoms with van der Waals surface area (Å²) in [6.07, 6.45) is 0. The van der Waals surface area contributed by atoms with E-state index in [0.29, 0.717) is 23.6 Å². The second-order valence-corrected chi connectivity index (χ2v) is 4.16. The maximum atomic E-state index is 11.8. The van der Waals surface area contributed by atoms with Gasteiger partial charge in [-0.3, -0.25) is 14.5 Å². The Hall–Kier alpha value is -1.90. The molecule has 17 heavy (non-hydrogen) atoms. The van der Waals surface area contributed by atoms with Crippen LogP contribution >= 0.6 is 0 Å². The standard InChI is InChI=1S/C12H13NO2.C2H4/c1-8(2)7-13-11(14)9-5-3-4-6-10(9)12(13)15;1-2/h3-6,8H,7H2,1-2H3;1-2H2. The van der Waals surface area contributed by atoms with E-state index in [1.54, 1.807) is 24.3 Å². The van der Waals surface area contributed by atoms with Crippen molar-refractivity contribution in [3.8, 4) is 0 Å². The maximum absolute atomic E-state index is 11.8. The van der Waals surface area contributed by atoms with Crippen molar-refractivity contribution >= 4 is 11.8 Å². The predicted molar refractivity (Wildman–Crippen MR) is 67.9 cm³/mol. The van der Waals surface area contributed by atoms with Gasteiger partial charge in [-0.15, -0.1) is 13.2 Å². The molecule has 0 radical (unpaired) electrons. The van der Waals surface area contributed by atoms with Gasteiger partial charge in [0.2, 0.25) is 0 Å². The number of hydrogen-bond acceptors (Lipinski definition) is 2. The average molecular weight is 231 g/mol. The quantitative estimate of drug-likeness (QED) is 0.579. The first-order valence-electron chi connectivity index (χ1n) is 5.56. The molecule has 0 aliphatic carbocycles. The van der Waals surface area contributed by atoms with E-state index < -0.39 is 0 Å². The summed E-state index contributed by atoms with van der Waals surface area (Å²) in [6.45, 7) is 10.5. The zero-order chi connectivity index (χ0) is 13.0. The number of fused-ring (bicyclic) bond motifs is 1. The van der Waals surface area contributed by atoms with Crippen molar-refractivity contribution in [3.05, 3.63) is 48.6 Å². The molecular formula is C14H17NO2. The number of hydrogen-bond donors (Lipinski definition) is 0. The summed E-state index contributed by atoms with van der Waals surface area (Å²) in [4.78, 5) is 25.0. The lowest BCUT2D eigenvalue weighted by atomic mass is 10.1. The van der Waals surface area contributed by atoms with Gasteiger partial charge < -0.3 is 0 Å². The van der Waals surface area contributed by atoms with Gasteiger partial charge in [-0.2, -0.15) is 0 Å². The molecule has 1 aliphatic heterocycles. The van der Waals surface area contributed by atoms with Gasteiger partial charge in [0.15, 0.2) is 0 Å². The molecule has 1 aromatic rings. The van der Waals surface area contributed by atoms with Gasteiger partial charge in [0.05, 0.1) is 11.1 Å². The highest BCUT2D eigenvalue weighted by Crippen LogP contribution is 2.22. The van der Waals surface area contributed by atoms with Gasteiger partial charge in [0.25, 0.3) is 11.8 Å². The molecule has 1 heterocycles. The lowest BCUT2D eigenvalue weighted by molar-refractivity contribution is 0.0636. The summed E-state index contributed by atoms with van der Waals surface area (Å²) >= 11 is 0. The number of amides is 2. The molecule has 0 unspecified atom stereocenters. The van der Waals surface area contributed by atoms with E-state index in [2.05, 4.69) is 13.2 Å². The number of carbonyl (C=O) groups is 2. The SMILES string of the molecule is C=C.CC(C)CN1C(=O)c2ccccc2C1=O. The zero-order valence-electron chi connectivity index (χ0n) is 10.3. The zero-order valence-corrected chi connectivity index (χ0v) is 10.3. The van der Waals surface area contributed by atoms with Crippen LogP contribution in [0, 0.1) is 5.92 Å². The van der Waals surface area contributed by atoms with Crippen molar-refractivity contribution in [1.29, 1.82) is 0 Å². The molecule has 0 N–H and O–H groups in total. The molecule has 2 amide bonds. The van der Waals surface area contributed by atoms with Crippen LogP contribution in [-0.4, -0.2) is 23.3 Å². The van der Waals surface area contributed by atoms with E-state index in [-0.39, 0.29) is 11.8 Å². The molecule has 0 saturated carbocycles. The Morgan fingerprint density at radius 1 is 1.06 bits per heavy atom. The normalized spacial score (nSPS) is 13.5. The number of rotatable bonds is 2. The summed E-state index contributed by atoms with van der Waals surface area (Å²) in [7, 11) is 0. The first-order valence-corrected chi connectivity index (χ1v) is 5.56. The smallest absolute Gasteiger partial charge is 0.261 e. The lowest BCUT2D eigenvalue weighted by Gasteiger charge is -2.15. The molecule has 0 saturated heterocycles. The Bertz CT molecular complexity index is 403. The first-order chi connectivity index (χ1) is 8.11. The summed E-state index contributed by atoms with van der Waals surface area (Å²) < 4.78 is 0. The monoisotopic (exact) mass is 231 g/mol. The van der Waals surface area contributed by atoms with E-state index in [1.807, 2.05) is 13.8 Å². The Morgan fingerprint density at radius 2 is 1.47 bits per heavy atom. The van der Waals surface area contributed by atoms with Gasteiger partial charge in [-0.05, 0) is 18.1 Å². The molecule has 1 aromatic carbocycles. The van der Waals surface area contributed by atoms with Crippen LogP contribution in [0.3, 0.4) is 0 Å². The lowest BCUT2D eigenvalue weighted by Crippen LogP contribution is -2.33. The fourth-order valence-corrected chi connectivity index (χ4v) is 1.77. The molecule has 90 valence electrons. The van der Waals surface area contributed by atoms with Crippen LogP contribution in [0.2, 0.25) is 0 Å². The van der Waals surface area contributed by atoms with Crippen molar-refractivity contribution in [1.82, 2.24) is 4.90 Å². The molecule has 0 fully saturated rings. The molecule has 0 spiro atoms. The molecule has 1 aliphatic rings. The summed E-state index contributed by atoms with van der Waals surface area (Å²) in [5.74, 6) is -0.0270. The maximum Gasteiger partial charge on any atom is 0.261 e. The molecule has 0 atom stereocenters. The number of imide groups is 1. The van der Waals surface area contributed by atoms with E-state index in [9.17, 15) is 9.59 Å². The minimum atomic E-state index is -0.163.